The standard InChI is InChI=1S/C11H14N2O3/c1-13-9(6-12)10(16-11(13)15)7-3-2-4-8(14)5-7/h2-5,9-10,14H,6,12H2,1H3. The summed E-state index contributed by atoms with van der Waals surface area (Å²) in [4.78, 5) is 12.9. The van der Waals surface area contributed by atoms with Crippen LogP contribution in [0.4, 0.5) is 4.79 Å². The maximum absolute atomic E-state index is 11.4. The third-order valence-corrected chi connectivity index (χ3v) is 2.80. The Balaban J connectivity index is 2.30. The van der Waals surface area contributed by atoms with Gasteiger partial charge >= 0.3 is 6.09 Å². The van der Waals surface area contributed by atoms with Crippen LogP contribution in [0, 0.1) is 0 Å². The number of phenolic OH excluding ortho intramolecular Hbond substituents is 1. The molecule has 5 heteroatoms. The Bertz CT molecular complexity index is 408. The highest BCUT2D eigenvalue weighted by molar-refractivity contribution is 5.70. The molecule has 0 spiro atoms. The first kappa shape index (κ1) is 10.8. The van der Waals surface area contributed by atoms with Gasteiger partial charge in [-0.1, -0.05) is 12.1 Å². The van der Waals surface area contributed by atoms with Crippen molar-refractivity contribution < 1.29 is 14.6 Å². The van der Waals surface area contributed by atoms with Crippen LogP contribution in [-0.2, 0) is 4.74 Å². The van der Waals surface area contributed by atoms with Gasteiger partial charge in [-0.15, -0.1) is 0 Å². The molecule has 1 aromatic rings. The minimum absolute atomic E-state index is 0.152. The lowest BCUT2D eigenvalue weighted by molar-refractivity contribution is 0.131. The molecule has 3 N–H and O–H groups in total. The summed E-state index contributed by atoms with van der Waals surface area (Å²) in [7, 11) is 1.66. The van der Waals surface area contributed by atoms with Crippen molar-refractivity contribution in [3.63, 3.8) is 0 Å². The van der Waals surface area contributed by atoms with Crippen molar-refractivity contribution in [2.45, 2.75) is 12.1 Å². The van der Waals surface area contributed by atoms with Crippen molar-refractivity contribution in [1.29, 1.82) is 0 Å². The minimum Gasteiger partial charge on any atom is -0.508 e. The topological polar surface area (TPSA) is 75.8 Å². The molecule has 1 aromatic carbocycles. The third-order valence-electron chi connectivity index (χ3n) is 2.80. The largest absolute Gasteiger partial charge is 0.508 e. The first-order valence-electron chi connectivity index (χ1n) is 5.06. The highest BCUT2D eigenvalue weighted by Gasteiger charge is 2.39. The van der Waals surface area contributed by atoms with E-state index in [0.717, 1.165) is 5.56 Å². The van der Waals surface area contributed by atoms with Crippen LogP contribution < -0.4 is 5.73 Å². The molecule has 1 heterocycles. The summed E-state index contributed by atoms with van der Waals surface area (Å²) in [6.45, 7) is 0.322. The number of hydrogen-bond acceptors (Lipinski definition) is 4. The Hall–Kier alpha value is -1.75. The van der Waals surface area contributed by atoms with Crippen LogP contribution in [0.5, 0.6) is 5.75 Å². The number of amides is 1. The number of nitrogens with zero attached hydrogens (tertiary/aromatic N) is 1. The SMILES string of the molecule is CN1C(=O)OC(c2cccc(O)c2)C1CN. The van der Waals surface area contributed by atoms with Crippen LogP contribution >= 0.6 is 0 Å². The number of rotatable bonds is 2. The van der Waals surface area contributed by atoms with Crippen molar-refractivity contribution in [3.05, 3.63) is 29.8 Å². The summed E-state index contributed by atoms with van der Waals surface area (Å²) in [5, 5.41) is 9.38. The molecule has 16 heavy (non-hydrogen) atoms. The Morgan fingerprint density at radius 3 is 2.94 bits per heavy atom. The Morgan fingerprint density at radius 2 is 2.31 bits per heavy atom. The van der Waals surface area contributed by atoms with E-state index in [2.05, 4.69) is 0 Å². The van der Waals surface area contributed by atoms with Crippen LogP contribution in [0.3, 0.4) is 0 Å². The summed E-state index contributed by atoms with van der Waals surface area (Å²) in [6, 6.07) is 6.49. The fraction of sp³-hybridized carbons (Fsp3) is 0.364. The first-order chi connectivity index (χ1) is 7.63. The second-order valence-electron chi connectivity index (χ2n) is 3.81. The molecule has 1 fully saturated rings. The molecule has 86 valence electrons. The second kappa shape index (κ2) is 4.02. The van der Waals surface area contributed by atoms with Gasteiger partial charge in [-0.3, -0.25) is 0 Å². The molecule has 1 amide bonds. The highest BCUT2D eigenvalue weighted by atomic mass is 16.6. The van der Waals surface area contributed by atoms with Gasteiger partial charge in [0.15, 0.2) is 6.10 Å². The third kappa shape index (κ3) is 1.69. The molecule has 0 radical (unpaired) electrons. The summed E-state index contributed by atoms with van der Waals surface area (Å²) in [6.07, 6.45) is -0.793. The zero-order valence-corrected chi connectivity index (χ0v) is 8.96. The molecule has 1 aliphatic heterocycles. The molecular weight excluding hydrogens is 208 g/mol. The fourth-order valence-electron chi connectivity index (χ4n) is 1.88. The van der Waals surface area contributed by atoms with E-state index in [1.807, 2.05) is 0 Å². The van der Waals surface area contributed by atoms with Crippen LogP contribution in [0.1, 0.15) is 11.7 Å². The molecule has 1 saturated heterocycles. The molecule has 0 bridgehead atoms. The van der Waals surface area contributed by atoms with Gasteiger partial charge in [0.1, 0.15) is 5.75 Å². The van der Waals surface area contributed by atoms with Crippen molar-refractivity contribution >= 4 is 6.09 Å². The number of likely N-dealkylation sites (N-methyl/N-ethyl adjacent to an activating group) is 1. The van der Waals surface area contributed by atoms with Gasteiger partial charge in [0.05, 0.1) is 6.04 Å². The molecule has 0 aliphatic carbocycles. The number of benzene rings is 1. The molecule has 2 atom stereocenters. The number of phenols is 1. The van der Waals surface area contributed by atoms with Crippen LogP contribution in [0.25, 0.3) is 0 Å². The molecule has 2 unspecified atom stereocenters. The maximum Gasteiger partial charge on any atom is 0.410 e. The van der Waals surface area contributed by atoms with Gasteiger partial charge < -0.3 is 20.5 Å². The maximum atomic E-state index is 11.4. The zero-order chi connectivity index (χ0) is 11.7. The van der Waals surface area contributed by atoms with E-state index in [1.54, 1.807) is 31.3 Å². The Labute approximate surface area is 93.4 Å². The van der Waals surface area contributed by atoms with E-state index >= 15 is 0 Å². The normalized spacial score (nSPS) is 24.6. The molecular formula is C11H14N2O3. The summed E-state index contributed by atoms with van der Waals surface area (Å²) in [5.41, 5.74) is 6.37. The van der Waals surface area contributed by atoms with Gasteiger partial charge in [0.2, 0.25) is 0 Å². The molecule has 5 nitrogen and oxygen atoms in total. The van der Waals surface area contributed by atoms with E-state index in [0.29, 0.717) is 6.54 Å². The molecule has 0 aromatic heterocycles. The number of ether oxygens (including phenoxy) is 1. The fourth-order valence-corrected chi connectivity index (χ4v) is 1.88. The lowest BCUT2D eigenvalue weighted by atomic mass is 10.0. The predicted molar refractivity (Wildman–Crippen MR) is 57.9 cm³/mol. The van der Waals surface area contributed by atoms with E-state index in [1.165, 1.54) is 4.90 Å². The van der Waals surface area contributed by atoms with E-state index in [-0.39, 0.29) is 17.9 Å². The van der Waals surface area contributed by atoms with Gasteiger partial charge in [-0.2, -0.15) is 0 Å². The van der Waals surface area contributed by atoms with Gasteiger partial charge in [-0.25, -0.2) is 4.79 Å². The van der Waals surface area contributed by atoms with E-state index in [4.69, 9.17) is 10.5 Å². The van der Waals surface area contributed by atoms with Gasteiger partial charge in [-0.05, 0) is 17.7 Å². The lowest BCUT2D eigenvalue weighted by Gasteiger charge is -2.19. The highest BCUT2D eigenvalue weighted by Crippen LogP contribution is 2.32. The second-order valence-corrected chi connectivity index (χ2v) is 3.81. The quantitative estimate of drug-likeness (QED) is 0.777. The molecule has 0 saturated carbocycles. The Kier molecular flexibility index (Phi) is 2.70. The molecule has 1 aliphatic rings. The van der Waals surface area contributed by atoms with Crippen molar-refractivity contribution in [2.75, 3.05) is 13.6 Å². The zero-order valence-electron chi connectivity index (χ0n) is 8.96. The average Bonchev–Trinajstić information content (AvgIpc) is 2.55. The van der Waals surface area contributed by atoms with E-state index in [9.17, 15) is 9.90 Å². The first-order valence-corrected chi connectivity index (χ1v) is 5.06. The summed E-state index contributed by atoms with van der Waals surface area (Å²) in [5.74, 6) is 0.152. The lowest BCUT2D eigenvalue weighted by Crippen LogP contribution is -2.36. The number of carbonyl (C=O) groups is 1. The van der Waals surface area contributed by atoms with Crippen LogP contribution in [0.2, 0.25) is 0 Å². The minimum atomic E-state index is -0.408. The number of hydrogen-bond donors (Lipinski definition) is 2. The average molecular weight is 222 g/mol. The van der Waals surface area contributed by atoms with Crippen LogP contribution in [-0.4, -0.2) is 35.7 Å². The number of cyclic esters (lactones) is 1. The number of aromatic hydroxyl groups is 1. The van der Waals surface area contributed by atoms with Crippen molar-refractivity contribution in [3.8, 4) is 5.75 Å². The predicted octanol–water partition coefficient (Wildman–Crippen LogP) is 0.843. The van der Waals surface area contributed by atoms with Crippen molar-refractivity contribution in [1.82, 2.24) is 4.90 Å². The summed E-state index contributed by atoms with van der Waals surface area (Å²) >= 11 is 0. The van der Waals surface area contributed by atoms with E-state index < -0.39 is 6.10 Å². The molecule has 2 rings (SSSR count). The van der Waals surface area contributed by atoms with Gasteiger partial charge in [0.25, 0.3) is 0 Å². The van der Waals surface area contributed by atoms with Crippen LogP contribution in [0.15, 0.2) is 24.3 Å². The smallest absolute Gasteiger partial charge is 0.410 e. The monoisotopic (exact) mass is 222 g/mol. The van der Waals surface area contributed by atoms with Gasteiger partial charge in [0, 0.05) is 13.6 Å². The Morgan fingerprint density at radius 1 is 1.56 bits per heavy atom. The summed E-state index contributed by atoms with van der Waals surface area (Å²) < 4.78 is 5.21. The number of carbonyl (C=O) groups excluding carboxylic acids is 1. The van der Waals surface area contributed by atoms with Crippen molar-refractivity contribution in [2.24, 2.45) is 5.73 Å². The number of nitrogens with two attached hydrogens (primary N) is 1.